The van der Waals surface area contributed by atoms with Crippen molar-refractivity contribution in [1.82, 2.24) is 4.98 Å². The van der Waals surface area contributed by atoms with Gasteiger partial charge in [-0.1, -0.05) is 13.0 Å². The Morgan fingerprint density at radius 2 is 2.25 bits per heavy atom. The Morgan fingerprint density at radius 3 is 3.00 bits per heavy atom. The van der Waals surface area contributed by atoms with Gasteiger partial charge < -0.3 is 4.74 Å². The molecule has 0 unspecified atom stereocenters. The number of pyridine rings is 1. The van der Waals surface area contributed by atoms with Crippen LogP contribution in [0.1, 0.15) is 23.7 Å². The largest absolute Gasteiger partial charge is 0.491 e. The highest BCUT2D eigenvalue weighted by Gasteiger charge is 2.06. The lowest BCUT2D eigenvalue weighted by Crippen LogP contribution is -1.97. The summed E-state index contributed by atoms with van der Waals surface area (Å²) in [5, 5.41) is 0.839. The van der Waals surface area contributed by atoms with Gasteiger partial charge in [0.05, 0.1) is 6.61 Å². The number of benzene rings is 1. The molecule has 3 heteroatoms. The van der Waals surface area contributed by atoms with Crippen LogP contribution >= 0.6 is 0 Å². The SMILES string of the molecule is CCCOc1ccc(C=O)c2cccnc12. The van der Waals surface area contributed by atoms with Gasteiger partial charge in [0.2, 0.25) is 0 Å². The summed E-state index contributed by atoms with van der Waals surface area (Å²) in [6.45, 7) is 2.71. The first kappa shape index (κ1) is 10.6. The lowest BCUT2D eigenvalue weighted by molar-refractivity contribution is 0.112. The molecule has 1 aromatic carbocycles. The first-order valence-corrected chi connectivity index (χ1v) is 5.32. The molecule has 0 aliphatic heterocycles. The number of carbonyl (C=O) groups excluding carboxylic acids is 1. The molecular weight excluding hydrogens is 202 g/mol. The minimum atomic E-state index is 0.645. The number of hydrogen-bond donors (Lipinski definition) is 0. The van der Waals surface area contributed by atoms with Crippen LogP contribution in [0.5, 0.6) is 5.75 Å². The van der Waals surface area contributed by atoms with Crippen LogP contribution in [-0.2, 0) is 0 Å². The third-order valence-electron chi connectivity index (χ3n) is 2.36. The minimum Gasteiger partial charge on any atom is -0.491 e. The molecular formula is C13H13NO2. The number of rotatable bonds is 4. The Kier molecular flexibility index (Phi) is 3.15. The molecule has 2 aromatic rings. The molecule has 0 spiro atoms. The van der Waals surface area contributed by atoms with Crippen molar-refractivity contribution in [3.8, 4) is 5.75 Å². The van der Waals surface area contributed by atoms with Crippen LogP contribution in [0.2, 0.25) is 0 Å². The number of fused-ring (bicyclic) bond motifs is 1. The van der Waals surface area contributed by atoms with Crippen molar-refractivity contribution in [2.75, 3.05) is 6.61 Å². The number of hydrogen-bond acceptors (Lipinski definition) is 3. The summed E-state index contributed by atoms with van der Waals surface area (Å²) >= 11 is 0. The second-order valence-corrected chi connectivity index (χ2v) is 3.52. The van der Waals surface area contributed by atoms with Gasteiger partial charge in [-0.2, -0.15) is 0 Å². The molecule has 1 aromatic heterocycles. The van der Waals surface area contributed by atoms with Crippen LogP contribution in [-0.4, -0.2) is 17.9 Å². The van der Waals surface area contributed by atoms with Crippen molar-refractivity contribution < 1.29 is 9.53 Å². The van der Waals surface area contributed by atoms with Crippen molar-refractivity contribution in [2.45, 2.75) is 13.3 Å². The van der Waals surface area contributed by atoms with Gasteiger partial charge in [-0.3, -0.25) is 9.78 Å². The molecule has 0 amide bonds. The van der Waals surface area contributed by atoms with Crippen LogP contribution in [0.25, 0.3) is 10.9 Å². The van der Waals surface area contributed by atoms with Crippen molar-refractivity contribution in [1.29, 1.82) is 0 Å². The van der Waals surface area contributed by atoms with Crippen molar-refractivity contribution in [2.24, 2.45) is 0 Å². The first-order valence-electron chi connectivity index (χ1n) is 5.32. The van der Waals surface area contributed by atoms with Gasteiger partial charge >= 0.3 is 0 Å². The van der Waals surface area contributed by atoms with Gasteiger partial charge in [0, 0.05) is 17.1 Å². The molecule has 0 fully saturated rings. The van der Waals surface area contributed by atoms with E-state index in [4.69, 9.17) is 4.74 Å². The van der Waals surface area contributed by atoms with E-state index < -0.39 is 0 Å². The average Bonchev–Trinajstić information content (AvgIpc) is 2.36. The molecule has 0 radical (unpaired) electrons. The maximum absolute atomic E-state index is 10.9. The van der Waals surface area contributed by atoms with Crippen LogP contribution in [0.15, 0.2) is 30.5 Å². The van der Waals surface area contributed by atoms with E-state index in [1.165, 1.54) is 0 Å². The van der Waals surface area contributed by atoms with E-state index >= 15 is 0 Å². The quantitative estimate of drug-likeness (QED) is 0.736. The molecule has 0 atom stereocenters. The summed E-state index contributed by atoms with van der Waals surface area (Å²) in [6.07, 6.45) is 3.49. The molecule has 0 saturated heterocycles. The van der Waals surface area contributed by atoms with E-state index in [9.17, 15) is 4.79 Å². The predicted molar refractivity (Wildman–Crippen MR) is 62.9 cm³/mol. The van der Waals surface area contributed by atoms with Gasteiger partial charge in [0.15, 0.2) is 6.29 Å². The topological polar surface area (TPSA) is 39.2 Å². The van der Waals surface area contributed by atoms with Crippen LogP contribution in [0.3, 0.4) is 0 Å². The second-order valence-electron chi connectivity index (χ2n) is 3.52. The summed E-state index contributed by atoms with van der Waals surface area (Å²) in [6, 6.07) is 7.26. The van der Waals surface area contributed by atoms with Crippen molar-refractivity contribution >= 4 is 17.2 Å². The highest BCUT2D eigenvalue weighted by molar-refractivity contribution is 5.98. The number of nitrogens with zero attached hydrogens (tertiary/aromatic N) is 1. The fourth-order valence-corrected chi connectivity index (χ4v) is 1.60. The average molecular weight is 215 g/mol. The summed E-state index contributed by atoms with van der Waals surface area (Å²) < 4.78 is 5.59. The number of carbonyl (C=O) groups is 1. The summed E-state index contributed by atoms with van der Waals surface area (Å²) in [5.74, 6) is 0.739. The number of aldehydes is 1. The molecule has 0 saturated carbocycles. The first-order chi connectivity index (χ1) is 7.86. The van der Waals surface area contributed by atoms with E-state index in [0.717, 1.165) is 29.4 Å². The Hall–Kier alpha value is -1.90. The van der Waals surface area contributed by atoms with Gasteiger partial charge in [-0.15, -0.1) is 0 Å². The molecule has 0 aliphatic rings. The predicted octanol–water partition coefficient (Wildman–Crippen LogP) is 2.84. The Labute approximate surface area is 94.1 Å². The monoisotopic (exact) mass is 215 g/mol. The number of ether oxygens (including phenoxy) is 1. The van der Waals surface area contributed by atoms with Gasteiger partial charge in [0.25, 0.3) is 0 Å². The lowest BCUT2D eigenvalue weighted by Gasteiger charge is -2.08. The van der Waals surface area contributed by atoms with E-state index in [2.05, 4.69) is 11.9 Å². The van der Waals surface area contributed by atoms with Crippen LogP contribution in [0, 0.1) is 0 Å². The highest BCUT2D eigenvalue weighted by Crippen LogP contribution is 2.25. The zero-order chi connectivity index (χ0) is 11.4. The maximum atomic E-state index is 10.9. The molecule has 16 heavy (non-hydrogen) atoms. The fraction of sp³-hybridized carbons (Fsp3) is 0.231. The number of aromatic nitrogens is 1. The molecule has 2 rings (SSSR count). The molecule has 0 aliphatic carbocycles. The third kappa shape index (κ3) is 1.89. The molecule has 0 bridgehead atoms. The standard InChI is InChI=1S/C13H13NO2/c1-2-8-16-12-6-5-10(9-15)11-4-3-7-14-13(11)12/h3-7,9H,2,8H2,1H3. The van der Waals surface area contributed by atoms with E-state index in [1.54, 1.807) is 18.3 Å². The Morgan fingerprint density at radius 1 is 1.38 bits per heavy atom. The van der Waals surface area contributed by atoms with Crippen LogP contribution < -0.4 is 4.74 Å². The Bertz CT molecular complexity index is 508. The van der Waals surface area contributed by atoms with Crippen molar-refractivity contribution in [3.05, 3.63) is 36.0 Å². The molecule has 0 N–H and O–H groups in total. The highest BCUT2D eigenvalue weighted by atomic mass is 16.5. The lowest BCUT2D eigenvalue weighted by atomic mass is 10.1. The zero-order valence-electron chi connectivity index (χ0n) is 9.14. The molecule has 82 valence electrons. The third-order valence-corrected chi connectivity index (χ3v) is 2.36. The van der Waals surface area contributed by atoms with Crippen LogP contribution in [0.4, 0.5) is 0 Å². The van der Waals surface area contributed by atoms with E-state index in [-0.39, 0.29) is 0 Å². The summed E-state index contributed by atoms with van der Waals surface area (Å²) in [4.78, 5) is 15.1. The van der Waals surface area contributed by atoms with Gasteiger partial charge in [-0.05, 0) is 24.6 Å². The second kappa shape index (κ2) is 4.75. The van der Waals surface area contributed by atoms with Gasteiger partial charge in [0.1, 0.15) is 11.3 Å². The summed E-state index contributed by atoms with van der Waals surface area (Å²) in [5.41, 5.74) is 1.40. The molecule has 1 heterocycles. The maximum Gasteiger partial charge on any atom is 0.150 e. The molecule has 3 nitrogen and oxygen atoms in total. The summed E-state index contributed by atoms with van der Waals surface area (Å²) in [7, 11) is 0. The van der Waals surface area contributed by atoms with Crippen molar-refractivity contribution in [3.63, 3.8) is 0 Å². The van der Waals surface area contributed by atoms with Gasteiger partial charge in [-0.25, -0.2) is 0 Å². The fourth-order valence-electron chi connectivity index (χ4n) is 1.60. The van der Waals surface area contributed by atoms with E-state index in [1.807, 2.05) is 12.1 Å². The Balaban J connectivity index is 2.55. The van der Waals surface area contributed by atoms with E-state index in [0.29, 0.717) is 12.2 Å². The normalized spacial score (nSPS) is 10.3. The zero-order valence-corrected chi connectivity index (χ0v) is 9.14. The smallest absolute Gasteiger partial charge is 0.150 e. The minimum absolute atomic E-state index is 0.645.